The molecule has 0 radical (unpaired) electrons. The second kappa shape index (κ2) is 3.97. The number of halogens is 3. The van der Waals surface area contributed by atoms with Gasteiger partial charge in [0.15, 0.2) is 17.5 Å². The van der Waals surface area contributed by atoms with E-state index in [1.165, 1.54) is 4.57 Å². The quantitative estimate of drug-likeness (QED) is 0.702. The van der Waals surface area contributed by atoms with E-state index in [1.807, 2.05) is 0 Å². The van der Waals surface area contributed by atoms with Gasteiger partial charge in [-0.05, 0) is 30.4 Å². The highest BCUT2D eigenvalue weighted by atomic mass is 32.1. The van der Waals surface area contributed by atoms with Crippen LogP contribution in [0.15, 0.2) is 15.7 Å². The number of hydrogen-bond acceptors (Lipinski definition) is 3. The normalized spacial score (nSPS) is 15.2. The third-order valence-corrected chi connectivity index (χ3v) is 4.54. The first-order valence-electron chi connectivity index (χ1n) is 6.23. The summed E-state index contributed by atoms with van der Waals surface area (Å²) in [5, 5.41) is -0.445. The lowest BCUT2D eigenvalue weighted by molar-refractivity contribution is 0.450. The van der Waals surface area contributed by atoms with Crippen molar-refractivity contribution in [3.63, 3.8) is 0 Å². The molecule has 0 saturated heterocycles. The number of pyridine rings is 1. The van der Waals surface area contributed by atoms with Gasteiger partial charge in [-0.3, -0.25) is 14.0 Å². The van der Waals surface area contributed by atoms with Crippen LogP contribution in [0.5, 0.6) is 0 Å². The van der Waals surface area contributed by atoms with Gasteiger partial charge in [0.25, 0.3) is 5.56 Å². The molecule has 0 amide bonds. The molecule has 1 aliphatic carbocycles. The maximum atomic E-state index is 14.2. The number of hydrogen-bond donors (Lipinski definition) is 1. The van der Waals surface area contributed by atoms with Crippen molar-refractivity contribution in [2.24, 2.45) is 0 Å². The Labute approximate surface area is 118 Å². The topological polar surface area (TPSA) is 54.9 Å². The van der Waals surface area contributed by atoms with Gasteiger partial charge in [0.2, 0.25) is 5.43 Å². The molecule has 108 valence electrons. The minimum absolute atomic E-state index is 0.110. The molecule has 0 spiro atoms. The van der Waals surface area contributed by atoms with Gasteiger partial charge in [-0.25, -0.2) is 13.2 Å². The van der Waals surface area contributed by atoms with Crippen molar-refractivity contribution in [3.05, 3.63) is 44.1 Å². The molecule has 0 aliphatic heterocycles. The first kappa shape index (κ1) is 12.6. The molecule has 1 aliphatic rings. The fourth-order valence-electron chi connectivity index (χ4n) is 2.58. The highest BCUT2D eigenvalue weighted by molar-refractivity contribution is 7.12. The Kier molecular flexibility index (Phi) is 2.39. The standard InChI is InChI=1S/C13H7F3N2O2S/c14-6-3-5-10(9(16)8(6)15)18(4-1-2-4)13-7(11(5)19)12(20)17-21-13/h3-4H,1-2H2,(H,17,20). The van der Waals surface area contributed by atoms with Crippen molar-refractivity contribution in [2.45, 2.75) is 18.9 Å². The molecule has 2 aromatic heterocycles. The molecule has 2 heterocycles. The highest BCUT2D eigenvalue weighted by Crippen LogP contribution is 2.40. The summed E-state index contributed by atoms with van der Waals surface area (Å²) in [6.45, 7) is 0. The molecule has 3 aromatic rings. The number of H-pyrrole nitrogens is 1. The zero-order chi connectivity index (χ0) is 14.9. The molecule has 4 rings (SSSR count). The van der Waals surface area contributed by atoms with E-state index in [0.29, 0.717) is 6.07 Å². The van der Waals surface area contributed by atoms with Gasteiger partial charge in [-0.1, -0.05) is 0 Å². The molecule has 0 unspecified atom stereocenters. The monoisotopic (exact) mass is 312 g/mol. The van der Waals surface area contributed by atoms with Crippen molar-refractivity contribution in [1.29, 1.82) is 0 Å². The fourth-order valence-corrected chi connectivity index (χ4v) is 3.49. The number of aromatic amines is 1. The zero-order valence-electron chi connectivity index (χ0n) is 10.4. The van der Waals surface area contributed by atoms with Gasteiger partial charge in [0.1, 0.15) is 10.2 Å². The molecule has 21 heavy (non-hydrogen) atoms. The van der Waals surface area contributed by atoms with Crippen LogP contribution in [0.1, 0.15) is 18.9 Å². The van der Waals surface area contributed by atoms with Crippen molar-refractivity contribution >= 4 is 32.7 Å². The third-order valence-electron chi connectivity index (χ3n) is 3.66. The fraction of sp³-hybridized carbons (Fsp3) is 0.231. The van der Waals surface area contributed by atoms with Gasteiger partial charge in [0.05, 0.1) is 10.9 Å². The molecule has 1 fully saturated rings. The van der Waals surface area contributed by atoms with Crippen molar-refractivity contribution in [2.75, 3.05) is 0 Å². The lowest BCUT2D eigenvalue weighted by Gasteiger charge is -2.12. The van der Waals surface area contributed by atoms with Gasteiger partial charge >= 0.3 is 0 Å². The van der Waals surface area contributed by atoms with Gasteiger partial charge in [0, 0.05) is 6.04 Å². The molecule has 0 bridgehead atoms. The van der Waals surface area contributed by atoms with Crippen LogP contribution in [0.4, 0.5) is 13.2 Å². The number of nitrogens with zero attached hydrogens (tertiary/aromatic N) is 1. The van der Waals surface area contributed by atoms with E-state index in [1.54, 1.807) is 0 Å². The molecular weight excluding hydrogens is 305 g/mol. The summed E-state index contributed by atoms with van der Waals surface area (Å²) in [7, 11) is 0. The Morgan fingerprint density at radius 3 is 2.57 bits per heavy atom. The zero-order valence-corrected chi connectivity index (χ0v) is 11.2. The Morgan fingerprint density at radius 1 is 1.19 bits per heavy atom. The van der Waals surface area contributed by atoms with Crippen LogP contribution in [0.3, 0.4) is 0 Å². The van der Waals surface area contributed by atoms with Gasteiger partial charge in [-0.2, -0.15) is 0 Å². The number of benzene rings is 1. The predicted octanol–water partition coefficient (Wildman–Crippen LogP) is 2.66. The van der Waals surface area contributed by atoms with Crippen molar-refractivity contribution < 1.29 is 13.2 Å². The minimum atomic E-state index is -1.61. The molecule has 1 N–H and O–H groups in total. The maximum absolute atomic E-state index is 14.2. The summed E-state index contributed by atoms with van der Waals surface area (Å²) in [4.78, 5) is 24.3. The molecule has 8 heteroatoms. The summed E-state index contributed by atoms with van der Waals surface area (Å²) in [5.74, 6) is -4.44. The van der Waals surface area contributed by atoms with Crippen LogP contribution in [-0.4, -0.2) is 8.94 Å². The first-order chi connectivity index (χ1) is 10.0. The third kappa shape index (κ3) is 1.56. The minimum Gasteiger partial charge on any atom is -0.325 e. The van der Waals surface area contributed by atoms with Crippen molar-refractivity contribution in [1.82, 2.24) is 8.94 Å². The number of fused-ring (bicyclic) bond motifs is 2. The summed E-state index contributed by atoms with van der Waals surface area (Å²) in [6.07, 6.45) is 1.47. The lowest BCUT2D eigenvalue weighted by Crippen LogP contribution is -2.17. The van der Waals surface area contributed by atoms with Crippen LogP contribution >= 0.6 is 11.5 Å². The molecular formula is C13H7F3N2O2S. The van der Waals surface area contributed by atoms with E-state index in [0.717, 1.165) is 24.4 Å². The summed E-state index contributed by atoms with van der Waals surface area (Å²) >= 11 is 0.899. The Bertz CT molecular complexity index is 1030. The van der Waals surface area contributed by atoms with E-state index < -0.39 is 28.4 Å². The molecule has 4 nitrogen and oxygen atoms in total. The van der Waals surface area contributed by atoms with Crippen LogP contribution < -0.4 is 11.0 Å². The number of aromatic nitrogens is 2. The Hall–Kier alpha value is -2.09. The second-order valence-corrected chi connectivity index (χ2v) is 5.82. The average Bonchev–Trinajstić information content (AvgIpc) is 3.21. The molecule has 1 saturated carbocycles. The molecule has 0 atom stereocenters. The summed E-state index contributed by atoms with van der Waals surface area (Å²) in [5.41, 5.74) is -1.65. The van der Waals surface area contributed by atoms with Crippen LogP contribution in [-0.2, 0) is 0 Å². The number of nitrogens with one attached hydrogen (secondary N) is 1. The first-order valence-corrected chi connectivity index (χ1v) is 7.05. The van der Waals surface area contributed by atoms with Crippen LogP contribution in [0.25, 0.3) is 21.1 Å². The van der Waals surface area contributed by atoms with E-state index in [2.05, 4.69) is 4.37 Å². The molecule has 1 aromatic carbocycles. The smallest absolute Gasteiger partial charge is 0.271 e. The highest BCUT2D eigenvalue weighted by Gasteiger charge is 2.31. The maximum Gasteiger partial charge on any atom is 0.271 e. The van der Waals surface area contributed by atoms with Crippen LogP contribution in [0.2, 0.25) is 0 Å². The van der Waals surface area contributed by atoms with E-state index in [4.69, 9.17) is 0 Å². The summed E-state index contributed by atoms with van der Waals surface area (Å²) in [6, 6.07) is 0.548. The average molecular weight is 312 g/mol. The summed E-state index contributed by atoms with van der Waals surface area (Å²) < 4.78 is 45.0. The second-order valence-electron chi connectivity index (χ2n) is 5.03. The van der Waals surface area contributed by atoms with Crippen molar-refractivity contribution in [3.8, 4) is 0 Å². The van der Waals surface area contributed by atoms with E-state index in [9.17, 15) is 22.8 Å². The lowest BCUT2D eigenvalue weighted by atomic mass is 10.1. The SMILES string of the molecule is O=c1[nH]sc2c1c(=O)c1cc(F)c(F)c(F)c1n2C1CC1. The Balaban J connectivity index is 2.39. The largest absolute Gasteiger partial charge is 0.325 e. The van der Waals surface area contributed by atoms with Gasteiger partial charge in [-0.15, -0.1) is 0 Å². The van der Waals surface area contributed by atoms with Gasteiger partial charge < -0.3 is 4.57 Å². The van der Waals surface area contributed by atoms with E-state index in [-0.39, 0.29) is 27.2 Å². The van der Waals surface area contributed by atoms with Crippen LogP contribution in [0, 0.1) is 17.5 Å². The predicted molar refractivity (Wildman–Crippen MR) is 72.4 cm³/mol. The van der Waals surface area contributed by atoms with E-state index >= 15 is 0 Å². The number of rotatable bonds is 1. The Morgan fingerprint density at radius 2 is 1.90 bits per heavy atom.